The van der Waals surface area contributed by atoms with Crippen LogP contribution in [0.15, 0.2) is 0 Å². The van der Waals surface area contributed by atoms with Crippen molar-refractivity contribution in [1.82, 2.24) is 10.2 Å². The molecule has 3 heteroatoms. The van der Waals surface area contributed by atoms with E-state index in [1.807, 2.05) is 0 Å². The van der Waals surface area contributed by atoms with Gasteiger partial charge in [0.2, 0.25) is 0 Å². The molecule has 1 N–H and O–H groups in total. The number of hydrogen-bond acceptors (Lipinski definition) is 3. The fourth-order valence-corrected chi connectivity index (χ4v) is 2.69. The third kappa shape index (κ3) is 2.92. The molecule has 2 saturated heterocycles. The third-order valence-electron chi connectivity index (χ3n) is 3.79. The molecule has 0 aliphatic carbocycles. The van der Waals surface area contributed by atoms with Crippen LogP contribution in [0, 0.1) is 5.92 Å². The summed E-state index contributed by atoms with van der Waals surface area (Å²) in [4.78, 5) is 2.59. The molecule has 15 heavy (non-hydrogen) atoms. The summed E-state index contributed by atoms with van der Waals surface area (Å²) in [5.74, 6) is 0.774. The predicted molar refractivity (Wildman–Crippen MR) is 62.0 cm³/mol. The summed E-state index contributed by atoms with van der Waals surface area (Å²) in [7, 11) is 0. The Labute approximate surface area is 93.2 Å². The van der Waals surface area contributed by atoms with E-state index in [9.17, 15) is 0 Å². The summed E-state index contributed by atoms with van der Waals surface area (Å²) in [6.07, 6.45) is 2.69. The molecular formula is C12H24N2O. The van der Waals surface area contributed by atoms with Crippen LogP contribution in [0.3, 0.4) is 0 Å². The zero-order valence-electron chi connectivity index (χ0n) is 10.0. The molecule has 0 radical (unpaired) electrons. The average molecular weight is 212 g/mol. The molecular weight excluding hydrogens is 188 g/mol. The van der Waals surface area contributed by atoms with Crippen LogP contribution in [0.4, 0.5) is 0 Å². The number of nitrogens with zero attached hydrogens (tertiary/aromatic N) is 1. The molecule has 0 aromatic rings. The fourth-order valence-electron chi connectivity index (χ4n) is 2.69. The van der Waals surface area contributed by atoms with Crippen molar-refractivity contribution >= 4 is 0 Å². The van der Waals surface area contributed by atoms with Crippen LogP contribution in [0.2, 0.25) is 0 Å². The van der Waals surface area contributed by atoms with Crippen molar-refractivity contribution in [1.29, 1.82) is 0 Å². The van der Waals surface area contributed by atoms with Crippen LogP contribution in [-0.2, 0) is 4.74 Å². The van der Waals surface area contributed by atoms with E-state index >= 15 is 0 Å². The molecule has 2 rings (SSSR count). The van der Waals surface area contributed by atoms with Crippen molar-refractivity contribution < 1.29 is 4.74 Å². The number of nitrogens with one attached hydrogen (secondary N) is 1. The molecule has 0 amide bonds. The van der Waals surface area contributed by atoms with Crippen LogP contribution < -0.4 is 5.32 Å². The van der Waals surface area contributed by atoms with Crippen LogP contribution in [0.5, 0.6) is 0 Å². The minimum absolute atomic E-state index is 0.738. The molecule has 2 aliphatic heterocycles. The maximum absolute atomic E-state index is 5.39. The standard InChI is InChI=1S/C12H24N2O/c1-10(2)12-4-3-11(9-13-12)14-5-7-15-8-6-14/h10-13H,3-9H2,1-2H3. The van der Waals surface area contributed by atoms with Gasteiger partial charge in [0.1, 0.15) is 0 Å². The van der Waals surface area contributed by atoms with Gasteiger partial charge in [-0.05, 0) is 18.8 Å². The lowest BCUT2D eigenvalue weighted by molar-refractivity contribution is 0.00793. The van der Waals surface area contributed by atoms with Crippen molar-refractivity contribution in [2.45, 2.75) is 38.8 Å². The monoisotopic (exact) mass is 212 g/mol. The first-order chi connectivity index (χ1) is 7.27. The molecule has 2 aliphatic rings. The number of rotatable bonds is 2. The molecule has 3 nitrogen and oxygen atoms in total. The Balaban J connectivity index is 1.77. The molecule has 0 aromatic heterocycles. The molecule has 0 spiro atoms. The van der Waals surface area contributed by atoms with Crippen LogP contribution >= 0.6 is 0 Å². The van der Waals surface area contributed by atoms with Gasteiger partial charge in [0.25, 0.3) is 0 Å². The number of piperidine rings is 1. The van der Waals surface area contributed by atoms with Crippen LogP contribution in [-0.4, -0.2) is 49.8 Å². The van der Waals surface area contributed by atoms with Crippen molar-refractivity contribution in [2.24, 2.45) is 5.92 Å². The van der Waals surface area contributed by atoms with Crippen molar-refractivity contribution in [2.75, 3.05) is 32.8 Å². The second kappa shape index (κ2) is 5.28. The van der Waals surface area contributed by atoms with Crippen LogP contribution in [0.1, 0.15) is 26.7 Å². The lowest BCUT2D eigenvalue weighted by Gasteiger charge is -2.40. The van der Waals surface area contributed by atoms with E-state index in [-0.39, 0.29) is 0 Å². The van der Waals surface area contributed by atoms with Gasteiger partial charge < -0.3 is 10.1 Å². The maximum atomic E-state index is 5.39. The summed E-state index contributed by atoms with van der Waals surface area (Å²) in [5, 5.41) is 3.68. The van der Waals surface area contributed by atoms with E-state index in [4.69, 9.17) is 4.74 Å². The average Bonchev–Trinajstić information content (AvgIpc) is 2.30. The zero-order chi connectivity index (χ0) is 10.7. The van der Waals surface area contributed by atoms with Gasteiger partial charge in [-0.25, -0.2) is 0 Å². The van der Waals surface area contributed by atoms with Gasteiger partial charge in [-0.3, -0.25) is 4.90 Å². The lowest BCUT2D eigenvalue weighted by Crippen LogP contribution is -2.53. The van der Waals surface area contributed by atoms with Gasteiger partial charge in [-0.2, -0.15) is 0 Å². The Morgan fingerprint density at radius 1 is 1.20 bits per heavy atom. The minimum atomic E-state index is 0.738. The van der Waals surface area contributed by atoms with E-state index in [1.165, 1.54) is 19.4 Å². The minimum Gasteiger partial charge on any atom is -0.379 e. The Morgan fingerprint density at radius 2 is 1.93 bits per heavy atom. The highest BCUT2D eigenvalue weighted by atomic mass is 16.5. The molecule has 0 saturated carbocycles. The van der Waals surface area contributed by atoms with Gasteiger partial charge >= 0.3 is 0 Å². The summed E-state index contributed by atoms with van der Waals surface area (Å²) >= 11 is 0. The van der Waals surface area contributed by atoms with Crippen molar-refractivity contribution in [3.8, 4) is 0 Å². The molecule has 2 heterocycles. The quantitative estimate of drug-likeness (QED) is 0.742. The highest BCUT2D eigenvalue weighted by Crippen LogP contribution is 2.19. The largest absolute Gasteiger partial charge is 0.379 e. The predicted octanol–water partition coefficient (Wildman–Crippen LogP) is 1.10. The summed E-state index contributed by atoms with van der Waals surface area (Å²) in [5.41, 5.74) is 0. The fraction of sp³-hybridized carbons (Fsp3) is 1.00. The molecule has 2 unspecified atom stereocenters. The first-order valence-corrected chi connectivity index (χ1v) is 6.32. The summed E-state index contributed by atoms with van der Waals surface area (Å²) in [6.45, 7) is 9.88. The van der Waals surface area contributed by atoms with E-state index in [0.717, 1.165) is 44.3 Å². The van der Waals surface area contributed by atoms with Gasteiger partial charge in [-0.1, -0.05) is 13.8 Å². The number of ether oxygens (including phenoxy) is 1. The topological polar surface area (TPSA) is 24.5 Å². The Morgan fingerprint density at radius 3 is 2.47 bits per heavy atom. The molecule has 2 fully saturated rings. The molecule has 0 bridgehead atoms. The van der Waals surface area contributed by atoms with Gasteiger partial charge in [-0.15, -0.1) is 0 Å². The lowest BCUT2D eigenvalue weighted by atomic mass is 9.92. The highest BCUT2D eigenvalue weighted by Gasteiger charge is 2.27. The Kier molecular flexibility index (Phi) is 4.00. The molecule has 2 atom stereocenters. The van der Waals surface area contributed by atoms with E-state index in [0.29, 0.717) is 0 Å². The Hall–Kier alpha value is -0.120. The normalized spacial score (nSPS) is 34.6. The SMILES string of the molecule is CC(C)C1CCC(N2CCOCC2)CN1. The summed E-state index contributed by atoms with van der Waals surface area (Å²) in [6, 6.07) is 1.49. The smallest absolute Gasteiger partial charge is 0.0594 e. The van der Waals surface area contributed by atoms with Gasteiger partial charge in [0.05, 0.1) is 13.2 Å². The van der Waals surface area contributed by atoms with E-state index in [1.54, 1.807) is 0 Å². The second-order valence-electron chi connectivity index (χ2n) is 5.14. The van der Waals surface area contributed by atoms with Gasteiger partial charge in [0, 0.05) is 31.7 Å². The van der Waals surface area contributed by atoms with E-state index < -0.39 is 0 Å². The molecule has 0 aromatic carbocycles. The van der Waals surface area contributed by atoms with Gasteiger partial charge in [0.15, 0.2) is 0 Å². The van der Waals surface area contributed by atoms with Crippen molar-refractivity contribution in [3.05, 3.63) is 0 Å². The van der Waals surface area contributed by atoms with E-state index in [2.05, 4.69) is 24.1 Å². The third-order valence-corrected chi connectivity index (χ3v) is 3.79. The molecule has 88 valence electrons. The number of hydrogen-bond donors (Lipinski definition) is 1. The first-order valence-electron chi connectivity index (χ1n) is 6.32. The number of morpholine rings is 1. The van der Waals surface area contributed by atoms with Crippen molar-refractivity contribution in [3.63, 3.8) is 0 Å². The zero-order valence-corrected chi connectivity index (χ0v) is 10.0. The highest BCUT2D eigenvalue weighted by molar-refractivity contribution is 4.85. The second-order valence-corrected chi connectivity index (χ2v) is 5.14. The Bertz CT molecular complexity index is 182. The maximum Gasteiger partial charge on any atom is 0.0594 e. The summed E-state index contributed by atoms with van der Waals surface area (Å²) < 4.78 is 5.39. The van der Waals surface area contributed by atoms with Crippen LogP contribution in [0.25, 0.3) is 0 Å². The first kappa shape index (κ1) is 11.4.